The minimum atomic E-state index is -1.52. The molecule has 0 unspecified atom stereocenters. The van der Waals surface area contributed by atoms with Crippen LogP contribution in [0.5, 0.6) is 0 Å². The predicted molar refractivity (Wildman–Crippen MR) is 76.9 cm³/mol. The third-order valence-corrected chi connectivity index (χ3v) is 3.06. The first kappa shape index (κ1) is 14.6. The van der Waals surface area contributed by atoms with Gasteiger partial charge in [-0.1, -0.05) is 23.8 Å². The normalized spacial score (nSPS) is 10.4. The molecule has 0 aliphatic rings. The highest BCUT2D eigenvalue weighted by atomic mass is 35.5. The van der Waals surface area contributed by atoms with E-state index >= 15 is 0 Å². The Morgan fingerprint density at radius 1 is 1.10 bits per heavy atom. The lowest BCUT2D eigenvalue weighted by Gasteiger charge is -2.10. The lowest BCUT2D eigenvalue weighted by molar-refractivity contribution is 0.448. The highest BCUT2D eigenvalue weighted by Crippen LogP contribution is 2.28. The molecule has 2 rings (SSSR count). The molecule has 2 aromatic rings. The molecule has 2 aromatic carbocycles. The predicted octanol–water partition coefficient (Wildman–Crippen LogP) is 4.14. The van der Waals surface area contributed by atoms with E-state index in [9.17, 15) is 13.2 Å². The second-order valence-corrected chi connectivity index (χ2v) is 4.78. The Balaban J connectivity index is 2.33. The number of nitrogens with two attached hydrogens (primary N) is 1. The van der Waals surface area contributed by atoms with Crippen molar-refractivity contribution in [2.24, 2.45) is 5.73 Å². The Morgan fingerprint density at radius 2 is 1.70 bits per heavy atom. The van der Waals surface area contributed by atoms with Crippen molar-refractivity contribution in [3.8, 4) is 0 Å². The van der Waals surface area contributed by atoms with Crippen LogP contribution in [0, 0.1) is 17.5 Å². The summed E-state index contributed by atoms with van der Waals surface area (Å²) in [7, 11) is 0. The van der Waals surface area contributed by atoms with Crippen LogP contribution in [0.15, 0.2) is 30.3 Å². The van der Waals surface area contributed by atoms with Gasteiger partial charge in [-0.3, -0.25) is 0 Å². The van der Waals surface area contributed by atoms with Gasteiger partial charge in [0.2, 0.25) is 0 Å². The zero-order valence-electron chi connectivity index (χ0n) is 9.88. The van der Waals surface area contributed by atoms with Gasteiger partial charge < -0.3 is 11.1 Å². The lowest BCUT2D eigenvalue weighted by atomic mass is 10.2. The van der Waals surface area contributed by atoms with Crippen LogP contribution in [0.1, 0.15) is 5.56 Å². The molecule has 104 valence electrons. The van der Waals surface area contributed by atoms with Gasteiger partial charge >= 0.3 is 0 Å². The van der Waals surface area contributed by atoms with Gasteiger partial charge in [0.1, 0.15) is 4.99 Å². The minimum Gasteiger partial charge on any atom is -0.389 e. The second kappa shape index (κ2) is 5.68. The maximum atomic E-state index is 13.1. The molecule has 0 radical (unpaired) electrons. The summed E-state index contributed by atoms with van der Waals surface area (Å²) in [5.41, 5.74) is 6.44. The molecule has 0 bridgehead atoms. The van der Waals surface area contributed by atoms with Gasteiger partial charge in [-0.05, 0) is 18.2 Å². The molecule has 7 heteroatoms. The Hall–Kier alpha value is -1.79. The number of rotatable bonds is 3. The van der Waals surface area contributed by atoms with Crippen LogP contribution in [0.2, 0.25) is 5.02 Å². The molecule has 0 spiro atoms. The molecule has 20 heavy (non-hydrogen) atoms. The van der Waals surface area contributed by atoms with Crippen LogP contribution in [-0.4, -0.2) is 4.99 Å². The first-order valence-corrected chi connectivity index (χ1v) is 6.18. The summed E-state index contributed by atoms with van der Waals surface area (Å²) in [5, 5.41) is 2.95. The van der Waals surface area contributed by atoms with Crippen LogP contribution < -0.4 is 11.1 Å². The van der Waals surface area contributed by atoms with Crippen molar-refractivity contribution in [3.63, 3.8) is 0 Å². The van der Waals surface area contributed by atoms with Gasteiger partial charge in [0.15, 0.2) is 17.5 Å². The van der Waals surface area contributed by atoms with Gasteiger partial charge in [-0.2, -0.15) is 0 Å². The standard InChI is InChI=1S/C13H8ClF3N2S/c14-8-3-6(13(18)20)1-2-11(8)19-7-4-9(15)12(17)10(16)5-7/h1-5,19H,(H2,18,20). The molecule has 0 saturated carbocycles. The highest BCUT2D eigenvalue weighted by molar-refractivity contribution is 7.80. The molecule has 0 fully saturated rings. The van der Waals surface area contributed by atoms with Crippen LogP contribution in [0.4, 0.5) is 24.5 Å². The zero-order chi connectivity index (χ0) is 14.9. The smallest absolute Gasteiger partial charge is 0.194 e. The molecular weight excluding hydrogens is 309 g/mol. The average Bonchev–Trinajstić information content (AvgIpc) is 2.38. The zero-order valence-corrected chi connectivity index (χ0v) is 11.5. The molecule has 0 heterocycles. The fourth-order valence-corrected chi connectivity index (χ4v) is 1.91. The number of hydrogen-bond acceptors (Lipinski definition) is 2. The van der Waals surface area contributed by atoms with Gasteiger partial charge in [-0.25, -0.2) is 13.2 Å². The number of anilines is 2. The maximum absolute atomic E-state index is 13.1. The topological polar surface area (TPSA) is 38.0 Å². The van der Waals surface area contributed by atoms with E-state index in [2.05, 4.69) is 5.32 Å². The number of hydrogen-bond donors (Lipinski definition) is 2. The fraction of sp³-hybridized carbons (Fsp3) is 0. The van der Waals surface area contributed by atoms with Crippen molar-refractivity contribution >= 4 is 40.2 Å². The molecule has 0 aliphatic carbocycles. The van der Waals surface area contributed by atoms with Crippen molar-refractivity contribution in [2.75, 3.05) is 5.32 Å². The Labute approximate surface area is 123 Å². The molecule has 0 atom stereocenters. The molecule has 2 nitrogen and oxygen atoms in total. The SMILES string of the molecule is NC(=S)c1ccc(Nc2cc(F)c(F)c(F)c2)c(Cl)c1. The molecule has 0 aliphatic heterocycles. The van der Waals surface area contributed by atoms with Crippen LogP contribution in [0.25, 0.3) is 0 Å². The summed E-state index contributed by atoms with van der Waals surface area (Å²) in [6.07, 6.45) is 0. The number of thiocarbonyl (C=S) groups is 1. The monoisotopic (exact) mass is 316 g/mol. The van der Waals surface area contributed by atoms with Crippen LogP contribution in [0.3, 0.4) is 0 Å². The minimum absolute atomic E-state index is 0.0337. The van der Waals surface area contributed by atoms with E-state index in [0.29, 0.717) is 11.3 Å². The van der Waals surface area contributed by atoms with Crippen molar-refractivity contribution in [3.05, 3.63) is 58.4 Å². The van der Waals surface area contributed by atoms with Gasteiger partial charge in [0.05, 0.1) is 10.7 Å². The van der Waals surface area contributed by atoms with E-state index in [4.69, 9.17) is 29.6 Å². The van der Waals surface area contributed by atoms with Gasteiger partial charge in [0, 0.05) is 23.4 Å². The first-order chi connectivity index (χ1) is 9.38. The fourth-order valence-electron chi connectivity index (χ4n) is 1.55. The summed E-state index contributed by atoms with van der Waals surface area (Å²) in [5.74, 6) is -4.10. The summed E-state index contributed by atoms with van der Waals surface area (Å²) in [6.45, 7) is 0. The first-order valence-electron chi connectivity index (χ1n) is 5.39. The van der Waals surface area contributed by atoms with E-state index in [-0.39, 0.29) is 15.7 Å². The third-order valence-electron chi connectivity index (χ3n) is 2.52. The van der Waals surface area contributed by atoms with Gasteiger partial charge in [0.25, 0.3) is 0 Å². The molecule has 0 saturated heterocycles. The van der Waals surface area contributed by atoms with Crippen molar-refractivity contribution < 1.29 is 13.2 Å². The number of benzene rings is 2. The largest absolute Gasteiger partial charge is 0.389 e. The van der Waals surface area contributed by atoms with Crippen molar-refractivity contribution in [1.29, 1.82) is 0 Å². The average molecular weight is 317 g/mol. The van der Waals surface area contributed by atoms with E-state index in [1.807, 2.05) is 0 Å². The molecular formula is C13H8ClF3N2S. The highest BCUT2D eigenvalue weighted by Gasteiger charge is 2.11. The van der Waals surface area contributed by atoms with Crippen molar-refractivity contribution in [2.45, 2.75) is 0 Å². The van der Waals surface area contributed by atoms with E-state index < -0.39 is 17.5 Å². The number of halogens is 4. The van der Waals surface area contributed by atoms with Crippen LogP contribution >= 0.6 is 23.8 Å². The molecule has 0 amide bonds. The third kappa shape index (κ3) is 3.02. The Morgan fingerprint density at radius 3 is 2.20 bits per heavy atom. The molecule has 3 N–H and O–H groups in total. The molecule has 0 aromatic heterocycles. The second-order valence-electron chi connectivity index (χ2n) is 3.94. The summed E-state index contributed by atoms with van der Waals surface area (Å²) >= 11 is 10.8. The lowest BCUT2D eigenvalue weighted by Crippen LogP contribution is -2.09. The quantitative estimate of drug-likeness (QED) is 0.660. The Kier molecular flexibility index (Phi) is 4.15. The van der Waals surface area contributed by atoms with E-state index in [1.165, 1.54) is 6.07 Å². The Bertz CT molecular complexity index is 668. The van der Waals surface area contributed by atoms with E-state index in [1.54, 1.807) is 12.1 Å². The van der Waals surface area contributed by atoms with Gasteiger partial charge in [-0.15, -0.1) is 0 Å². The summed E-state index contributed by atoms with van der Waals surface area (Å²) in [6, 6.07) is 6.33. The summed E-state index contributed by atoms with van der Waals surface area (Å²) in [4.78, 5) is 0.178. The summed E-state index contributed by atoms with van der Waals surface area (Å²) < 4.78 is 39.0. The number of nitrogens with one attached hydrogen (secondary N) is 1. The van der Waals surface area contributed by atoms with Crippen LogP contribution in [-0.2, 0) is 0 Å². The van der Waals surface area contributed by atoms with Crippen molar-refractivity contribution in [1.82, 2.24) is 0 Å². The maximum Gasteiger partial charge on any atom is 0.194 e. The van der Waals surface area contributed by atoms with E-state index in [0.717, 1.165) is 12.1 Å².